The van der Waals surface area contributed by atoms with Crippen LogP contribution in [0.1, 0.15) is 18.1 Å². The minimum atomic E-state index is -3.92. The van der Waals surface area contributed by atoms with Crippen LogP contribution in [0.15, 0.2) is 83.8 Å². The molecule has 3 aromatic carbocycles. The number of benzene rings is 3. The molecule has 32 heavy (non-hydrogen) atoms. The average Bonchev–Trinajstić information content (AvgIpc) is 2.84. The van der Waals surface area contributed by atoms with E-state index >= 15 is 0 Å². The number of ether oxygens (including phenoxy) is 1. The maximum atomic E-state index is 13.7. The second-order valence-electron chi connectivity index (χ2n) is 7.63. The Morgan fingerprint density at radius 2 is 1.59 bits per heavy atom. The summed E-state index contributed by atoms with van der Waals surface area (Å²) in [7, 11) is -2.39. The van der Waals surface area contributed by atoms with Crippen LogP contribution in [0.5, 0.6) is 5.75 Å². The molecule has 1 aliphatic heterocycles. The van der Waals surface area contributed by atoms with E-state index in [1.807, 2.05) is 61.5 Å². The van der Waals surface area contributed by atoms with Gasteiger partial charge in [0.2, 0.25) is 15.9 Å². The van der Waals surface area contributed by atoms with Gasteiger partial charge in [0.25, 0.3) is 0 Å². The van der Waals surface area contributed by atoms with Crippen molar-refractivity contribution in [1.82, 2.24) is 4.31 Å². The Morgan fingerprint density at radius 3 is 2.22 bits per heavy atom. The van der Waals surface area contributed by atoms with E-state index < -0.39 is 16.1 Å². The molecule has 0 aliphatic carbocycles. The molecule has 0 N–H and O–H groups in total. The Kier molecular flexibility index (Phi) is 6.30. The lowest BCUT2D eigenvalue weighted by atomic mass is 9.95. The first kappa shape index (κ1) is 22.0. The lowest BCUT2D eigenvalue weighted by Gasteiger charge is -2.37. The van der Waals surface area contributed by atoms with Crippen LogP contribution < -0.4 is 9.64 Å². The summed E-state index contributed by atoms with van der Waals surface area (Å²) in [6.07, 6.45) is 0.327. The second kappa shape index (κ2) is 9.14. The topological polar surface area (TPSA) is 66.9 Å². The van der Waals surface area contributed by atoms with Gasteiger partial charge in [0, 0.05) is 18.8 Å². The summed E-state index contributed by atoms with van der Waals surface area (Å²) in [6, 6.07) is 22.5. The maximum absolute atomic E-state index is 13.7. The van der Waals surface area contributed by atoms with Crippen molar-refractivity contribution in [3.8, 4) is 5.75 Å². The van der Waals surface area contributed by atoms with E-state index in [0.29, 0.717) is 18.7 Å². The minimum Gasteiger partial charge on any atom is -0.497 e. The van der Waals surface area contributed by atoms with Gasteiger partial charge in [-0.2, -0.15) is 4.31 Å². The van der Waals surface area contributed by atoms with Crippen molar-refractivity contribution in [2.45, 2.75) is 30.8 Å². The van der Waals surface area contributed by atoms with Crippen molar-refractivity contribution >= 4 is 21.6 Å². The molecule has 166 valence electrons. The van der Waals surface area contributed by atoms with Gasteiger partial charge in [-0.05, 0) is 60.9 Å². The van der Waals surface area contributed by atoms with Crippen LogP contribution in [0, 0.1) is 0 Å². The molecule has 1 aliphatic rings. The number of hydrogen-bond donors (Lipinski definition) is 0. The molecule has 1 atom stereocenters. The van der Waals surface area contributed by atoms with Gasteiger partial charge in [0.15, 0.2) is 0 Å². The molecule has 7 heteroatoms. The largest absolute Gasteiger partial charge is 0.497 e. The van der Waals surface area contributed by atoms with Gasteiger partial charge >= 0.3 is 0 Å². The number of carbonyl (C=O) groups is 1. The third-order valence-electron chi connectivity index (χ3n) is 5.81. The SMILES string of the molecule is CCN(C(=O)C1Cc2ccccc2CN1S(=O)(=O)c1ccc(OC)cc1)c1ccccc1. The summed E-state index contributed by atoms with van der Waals surface area (Å²) in [5.41, 5.74) is 2.66. The van der Waals surface area contributed by atoms with Gasteiger partial charge in [-0.15, -0.1) is 0 Å². The number of nitrogens with zero attached hydrogens (tertiary/aromatic N) is 2. The Morgan fingerprint density at radius 1 is 0.969 bits per heavy atom. The number of sulfonamides is 1. The van der Waals surface area contributed by atoms with E-state index in [9.17, 15) is 13.2 Å². The lowest BCUT2D eigenvalue weighted by Crippen LogP contribution is -2.53. The van der Waals surface area contributed by atoms with Gasteiger partial charge in [-0.25, -0.2) is 8.42 Å². The molecule has 0 saturated heterocycles. The fourth-order valence-electron chi connectivity index (χ4n) is 4.10. The van der Waals surface area contributed by atoms with Gasteiger partial charge in [0.1, 0.15) is 11.8 Å². The fraction of sp³-hybridized carbons (Fsp3) is 0.240. The molecule has 1 heterocycles. The van der Waals surface area contributed by atoms with E-state index in [4.69, 9.17) is 4.74 Å². The van der Waals surface area contributed by atoms with Crippen molar-refractivity contribution in [3.63, 3.8) is 0 Å². The predicted octanol–water partition coefficient (Wildman–Crippen LogP) is 3.86. The summed E-state index contributed by atoms with van der Waals surface area (Å²) >= 11 is 0. The van der Waals surface area contributed by atoms with E-state index in [0.717, 1.165) is 16.8 Å². The van der Waals surface area contributed by atoms with Crippen LogP contribution >= 0.6 is 0 Å². The van der Waals surface area contributed by atoms with E-state index in [-0.39, 0.29) is 17.3 Å². The first-order chi connectivity index (χ1) is 15.5. The van der Waals surface area contributed by atoms with Gasteiger partial charge in [-0.3, -0.25) is 4.79 Å². The number of carbonyl (C=O) groups excluding carboxylic acids is 1. The zero-order valence-electron chi connectivity index (χ0n) is 18.1. The molecule has 0 aromatic heterocycles. The number of para-hydroxylation sites is 1. The van der Waals surface area contributed by atoms with Crippen LogP contribution in [0.2, 0.25) is 0 Å². The highest BCUT2D eigenvalue weighted by Gasteiger charge is 2.41. The standard InChI is InChI=1S/C25H26N2O4S/c1-3-26(21-11-5-4-6-12-21)25(28)24-17-19-9-7-8-10-20(19)18-27(24)32(29,30)23-15-13-22(31-2)14-16-23/h4-16,24H,3,17-18H2,1-2H3. The van der Waals surface area contributed by atoms with E-state index in [1.54, 1.807) is 17.0 Å². The van der Waals surface area contributed by atoms with Crippen molar-refractivity contribution < 1.29 is 17.9 Å². The zero-order chi connectivity index (χ0) is 22.7. The smallest absolute Gasteiger partial charge is 0.245 e. The number of amides is 1. The summed E-state index contributed by atoms with van der Waals surface area (Å²) in [4.78, 5) is 15.5. The molecule has 0 radical (unpaired) electrons. The Hall–Kier alpha value is -3.16. The monoisotopic (exact) mass is 450 g/mol. The molecular weight excluding hydrogens is 424 g/mol. The van der Waals surface area contributed by atoms with E-state index in [1.165, 1.54) is 23.5 Å². The zero-order valence-corrected chi connectivity index (χ0v) is 19.0. The predicted molar refractivity (Wildman–Crippen MR) is 124 cm³/mol. The van der Waals surface area contributed by atoms with Gasteiger partial charge in [-0.1, -0.05) is 42.5 Å². The van der Waals surface area contributed by atoms with Crippen LogP contribution in [0.4, 0.5) is 5.69 Å². The molecular formula is C25H26N2O4S. The van der Waals surface area contributed by atoms with Crippen molar-refractivity contribution in [3.05, 3.63) is 90.0 Å². The van der Waals surface area contributed by atoms with E-state index in [2.05, 4.69) is 0 Å². The molecule has 6 nitrogen and oxygen atoms in total. The molecule has 0 saturated carbocycles. The molecule has 0 spiro atoms. The minimum absolute atomic E-state index is 0.137. The number of likely N-dealkylation sites (N-methyl/N-ethyl adjacent to an activating group) is 1. The first-order valence-electron chi connectivity index (χ1n) is 10.5. The number of methoxy groups -OCH3 is 1. The van der Waals surface area contributed by atoms with Crippen molar-refractivity contribution in [2.75, 3.05) is 18.6 Å². The summed E-state index contributed by atoms with van der Waals surface area (Å²) in [6.45, 7) is 2.48. The molecule has 1 amide bonds. The maximum Gasteiger partial charge on any atom is 0.245 e. The normalized spacial score (nSPS) is 16.2. The highest BCUT2D eigenvalue weighted by molar-refractivity contribution is 7.89. The number of anilines is 1. The highest BCUT2D eigenvalue weighted by Crippen LogP contribution is 2.31. The fourth-order valence-corrected chi connectivity index (χ4v) is 5.66. The van der Waals surface area contributed by atoms with Crippen molar-refractivity contribution in [1.29, 1.82) is 0 Å². The molecule has 0 fully saturated rings. The van der Waals surface area contributed by atoms with Crippen LogP contribution in [0.3, 0.4) is 0 Å². The summed E-state index contributed by atoms with van der Waals surface area (Å²) in [5.74, 6) is 0.340. The van der Waals surface area contributed by atoms with Crippen LogP contribution in [-0.4, -0.2) is 38.3 Å². The average molecular weight is 451 g/mol. The third kappa shape index (κ3) is 4.13. The van der Waals surface area contributed by atoms with Crippen LogP contribution in [-0.2, 0) is 27.8 Å². The first-order valence-corrected chi connectivity index (χ1v) is 12.0. The Labute approximate surface area is 189 Å². The number of rotatable bonds is 6. The summed E-state index contributed by atoms with van der Waals surface area (Å²) < 4.78 is 33.8. The number of fused-ring (bicyclic) bond motifs is 1. The lowest BCUT2D eigenvalue weighted by molar-refractivity contribution is -0.122. The third-order valence-corrected chi connectivity index (χ3v) is 7.68. The van der Waals surface area contributed by atoms with Crippen molar-refractivity contribution in [2.24, 2.45) is 0 Å². The van der Waals surface area contributed by atoms with Gasteiger partial charge < -0.3 is 9.64 Å². The van der Waals surface area contributed by atoms with Crippen LogP contribution in [0.25, 0.3) is 0 Å². The second-order valence-corrected chi connectivity index (χ2v) is 9.52. The molecule has 0 bridgehead atoms. The molecule has 1 unspecified atom stereocenters. The number of hydrogen-bond acceptors (Lipinski definition) is 4. The highest BCUT2D eigenvalue weighted by atomic mass is 32.2. The Balaban J connectivity index is 1.76. The molecule has 4 rings (SSSR count). The van der Waals surface area contributed by atoms with Gasteiger partial charge in [0.05, 0.1) is 12.0 Å². The molecule has 3 aromatic rings. The summed E-state index contributed by atoms with van der Waals surface area (Å²) in [5, 5.41) is 0. The Bertz CT molecular complexity index is 1190. The quantitative estimate of drug-likeness (QED) is 0.572.